The fraction of sp³-hybridized carbons (Fsp3) is 0.143. The molecule has 3 nitrogen and oxygen atoms in total. The van der Waals surface area contributed by atoms with Gasteiger partial charge in [0, 0.05) is 0 Å². The van der Waals surface area contributed by atoms with Gasteiger partial charge in [0.1, 0.15) is 0 Å². The lowest BCUT2D eigenvalue weighted by atomic mass is 10.1. The van der Waals surface area contributed by atoms with Crippen LogP contribution in [0, 0.1) is 0 Å². The van der Waals surface area contributed by atoms with E-state index in [9.17, 15) is 0 Å². The molecule has 0 aliphatic rings. The molecule has 0 N–H and O–H groups in total. The van der Waals surface area contributed by atoms with Crippen molar-refractivity contribution in [3.05, 3.63) is 273 Å². The zero-order valence-electron chi connectivity index (χ0n) is 40.4. The van der Waals surface area contributed by atoms with Crippen LogP contribution in [0.4, 0.5) is 0 Å². The maximum atomic E-state index is 8.96. The fourth-order valence-electron chi connectivity index (χ4n) is 10.2. The standard InChI is InChI=1S/C63H64O3Si4/c1-2-3-4-5-6-7-35-54-67(55-36-17-8-18-37-55,56-38-19-9-20-39-56)64-69(60-46-27-13-28-47-60,61-48-29-14-30-49-61)66-70(62-50-31-15-32-51-62,63-52-33-16-34-53-63)65-68(57-40-21-10-22-41-57,58-42-23-11-24-43-58)59-44-25-12-26-45-59/h8-34,36-53H,2-7,35,54H2,1H3. The van der Waals surface area contributed by atoms with Gasteiger partial charge in [-0.3, -0.25) is 0 Å². The molecule has 0 aromatic heterocycles. The summed E-state index contributed by atoms with van der Waals surface area (Å²) in [6.07, 6.45) is 8.46. The predicted molar refractivity (Wildman–Crippen MR) is 304 cm³/mol. The molecule has 0 fully saturated rings. The van der Waals surface area contributed by atoms with Crippen LogP contribution < -0.4 is 46.7 Å². The Bertz CT molecular complexity index is 2680. The fourth-order valence-corrected chi connectivity index (χ4v) is 32.4. The summed E-state index contributed by atoms with van der Waals surface area (Å²) < 4.78 is 26.7. The first-order chi connectivity index (χ1) is 34.6. The molecule has 350 valence electrons. The molecule has 0 spiro atoms. The highest BCUT2D eigenvalue weighted by atomic mass is 28.5. The zero-order valence-corrected chi connectivity index (χ0v) is 44.4. The number of unbranched alkanes of at least 4 members (excludes halogenated alkanes) is 6. The van der Waals surface area contributed by atoms with Gasteiger partial charge < -0.3 is 12.3 Å². The molecule has 0 saturated carbocycles. The summed E-state index contributed by atoms with van der Waals surface area (Å²) in [4.78, 5) is 0. The van der Waals surface area contributed by atoms with Crippen molar-refractivity contribution in [3.63, 3.8) is 0 Å². The van der Waals surface area contributed by atoms with Gasteiger partial charge in [0.25, 0.3) is 8.32 Å². The molecule has 9 aromatic rings. The summed E-state index contributed by atoms with van der Waals surface area (Å²) in [5, 5.41) is 10.0. The Morgan fingerprint density at radius 1 is 0.243 bits per heavy atom. The molecule has 0 amide bonds. The SMILES string of the molecule is CCCCCCCCC[Si](O[Si](O[Si](O[Si](c1ccccc1)(c1ccccc1)c1ccccc1)(c1ccccc1)c1ccccc1)(c1ccccc1)c1ccccc1)(c1ccccc1)c1ccccc1. The Kier molecular flexibility index (Phi) is 16.4. The summed E-state index contributed by atoms with van der Waals surface area (Å²) in [7, 11) is -14.9. The Balaban J connectivity index is 1.38. The number of hydrogen-bond donors (Lipinski definition) is 0. The first-order valence-electron chi connectivity index (χ1n) is 25.2. The van der Waals surface area contributed by atoms with Crippen molar-refractivity contribution in [1.29, 1.82) is 0 Å². The van der Waals surface area contributed by atoms with Crippen LogP contribution in [0.25, 0.3) is 0 Å². The molecule has 0 radical (unpaired) electrons. The second-order valence-electron chi connectivity index (χ2n) is 18.2. The molecule has 0 atom stereocenters. The van der Waals surface area contributed by atoms with Crippen molar-refractivity contribution in [2.24, 2.45) is 0 Å². The highest BCUT2D eigenvalue weighted by Gasteiger charge is 2.61. The molecule has 9 rings (SSSR count). The lowest BCUT2D eigenvalue weighted by Crippen LogP contribution is -2.83. The van der Waals surface area contributed by atoms with Gasteiger partial charge in [-0.05, 0) is 52.7 Å². The van der Waals surface area contributed by atoms with E-state index in [4.69, 9.17) is 12.3 Å². The van der Waals surface area contributed by atoms with Crippen molar-refractivity contribution in [3.8, 4) is 0 Å². The van der Waals surface area contributed by atoms with E-state index in [1.54, 1.807) is 0 Å². The van der Waals surface area contributed by atoms with Crippen molar-refractivity contribution in [2.45, 2.75) is 57.9 Å². The molecule has 0 bridgehead atoms. The Hall–Kier alpha value is -6.27. The zero-order chi connectivity index (χ0) is 47.8. The van der Waals surface area contributed by atoms with E-state index in [2.05, 4.69) is 280 Å². The van der Waals surface area contributed by atoms with Gasteiger partial charge in [-0.2, -0.15) is 0 Å². The maximum absolute atomic E-state index is 8.96. The second-order valence-corrected chi connectivity index (χ2v) is 31.8. The Labute approximate surface area is 421 Å². The Morgan fingerprint density at radius 3 is 0.786 bits per heavy atom. The molecular weight excluding hydrogens is 917 g/mol. The van der Waals surface area contributed by atoms with Crippen molar-refractivity contribution in [1.82, 2.24) is 0 Å². The molecule has 0 saturated heterocycles. The van der Waals surface area contributed by atoms with Gasteiger partial charge in [-0.25, -0.2) is 0 Å². The van der Waals surface area contributed by atoms with Crippen LogP contribution in [0.2, 0.25) is 6.04 Å². The molecule has 70 heavy (non-hydrogen) atoms. The summed E-state index contributed by atoms with van der Waals surface area (Å²) in [6.45, 7) is 2.29. The van der Waals surface area contributed by atoms with E-state index in [0.29, 0.717) is 0 Å². The lowest BCUT2D eigenvalue weighted by molar-refractivity contribution is 0.359. The summed E-state index contributed by atoms with van der Waals surface area (Å²) in [5.74, 6) is 0. The molecule has 0 aliphatic heterocycles. The number of benzene rings is 9. The van der Waals surface area contributed by atoms with Crippen LogP contribution in [-0.2, 0) is 12.3 Å². The summed E-state index contributed by atoms with van der Waals surface area (Å²) in [5.41, 5.74) is 0. The molecule has 0 aliphatic carbocycles. The third kappa shape index (κ3) is 10.4. The molecule has 7 heteroatoms. The summed E-state index contributed by atoms with van der Waals surface area (Å²) in [6, 6.07) is 99.7. The average Bonchev–Trinajstić information content (AvgIpc) is 3.45. The van der Waals surface area contributed by atoms with E-state index in [1.807, 2.05) is 0 Å². The number of hydrogen-bond acceptors (Lipinski definition) is 3. The van der Waals surface area contributed by atoms with E-state index >= 15 is 0 Å². The minimum absolute atomic E-state index is 0.898. The first kappa shape index (κ1) is 48.7. The molecular formula is C63H64O3Si4. The minimum atomic E-state index is -4.07. The topological polar surface area (TPSA) is 27.7 Å². The van der Waals surface area contributed by atoms with Crippen LogP contribution in [0.1, 0.15) is 51.9 Å². The molecule has 9 aromatic carbocycles. The highest BCUT2D eigenvalue weighted by molar-refractivity contribution is 7.16. The monoisotopic (exact) mass is 980 g/mol. The van der Waals surface area contributed by atoms with Crippen LogP contribution in [0.5, 0.6) is 0 Å². The average molecular weight is 982 g/mol. The van der Waals surface area contributed by atoms with Crippen molar-refractivity contribution in [2.75, 3.05) is 0 Å². The second kappa shape index (κ2) is 23.6. The smallest absolute Gasteiger partial charge is 0.389 e. The van der Waals surface area contributed by atoms with Crippen LogP contribution >= 0.6 is 0 Å². The van der Waals surface area contributed by atoms with Gasteiger partial charge in [-0.15, -0.1) is 0 Å². The third-order valence-electron chi connectivity index (χ3n) is 13.7. The summed E-state index contributed by atoms with van der Waals surface area (Å²) >= 11 is 0. The van der Waals surface area contributed by atoms with Gasteiger partial charge in [0.15, 0.2) is 0 Å². The van der Waals surface area contributed by atoms with Crippen molar-refractivity contribution < 1.29 is 12.3 Å². The molecule has 0 heterocycles. The van der Waals surface area contributed by atoms with E-state index in [0.717, 1.165) is 55.2 Å². The predicted octanol–water partition coefficient (Wildman–Crippen LogP) is 9.73. The maximum Gasteiger partial charge on any atom is 0.389 e. The van der Waals surface area contributed by atoms with E-state index < -0.39 is 33.8 Å². The highest BCUT2D eigenvalue weighted by Crippen LogP contribution is 2.29. The van der Waals surface area contributed by atoms with Gasteiger partial charge in [0.2, 0.25) is 8.32 Å². The van der Waals surface area contributed by atoms with Gasteiger partial charge in [0.05, 0.1) is 0 Å². The normalized spacial score (nSPS) is 12.1. The third-order valence-corrected chi connectivity index (χ3v) is 32.3. The van der Waals surface area contributed by atoms with E-state index in [-0.39, 0.29) is 0 Å². The minimum Gasteiger partial charge on any atom is -0.422 e. The van der Waals surface area contributed by atoms with Gasteiger partial charge >= 0.3 is 17.1 Å². The Morgan fingerprint density at radius 2 is 0.486 bits per heavy atom. The van der Waals surface area contributed by atoms with E-state index in [1.165, 1.54) is 42.5 Å². The largest absolute Gasteiger partial charge is 0.422 e. The molecule has 0 unspecified atom stereocenters. The lowest BCUT2D eigenvalue weighted by Gasteiger charge is -2.49. The van der Waals surface area contributed by atoms with Crippen LogP contribution in [0.15, 0.2) is 273 Å². The quantitative estimate of drug-likeness (QED) is 0.0363. The van der Waals surface area contributed by atoms with Crippen molar-refractivity contribution >= 4 is 80.4 Å². The number of rotatable bonds is 23. The van der Waals surface area contributed by atoms with Crippen LogP contribution in [0.3, 0.4) is 0 Å². The van der Waals surface area contributed by atoms with Gasteiger partial charge in [-0.1, -0.05) is 325 Å². The first-order valence-corrected chi connectivity index (χ1v) is 32.9. The van der Waals surface area contributed by atoms with Crippen LogP contribution in [-0.4, -0.2) is 33.8 Å².